The maximum Gasteiger partial charge on any atom is 0.262 e. The van der Waals surface area contributed by atoms with Crippen molar-refractivity contribution in [2.75, 3.05) is 6.61 Å². The summed E-state index contributed by atoms with van der Waals surface area (Å²) in [5.74, 6) is -0.832. The van der Waals surface area contributed by atoms with Gasteiger partial charge >= 0.3 is 0 Å². The zero-order valence-electron chi connectivity index (χ0n) is 23.4. The average molecular weight is 578 g/mol. The fraction of sp³-hybridized carbons (Fsp3) is 0.257. The minimum Gasteiger partial charge on any atom is -0.368 e. The van der Waals surface area contributed by atoms with Gasteiger partial charge in [-0.3, -0.25) is 14.5 Å². The maximum absolute atomic E-state index is 13.9. The molecule has 2 amide bonds. The Bertz CT molecular complexity index is 1530. The smallest absolute Gasteiger partial charge is 0.262 e. The molecule has 7 rings (SSSR count). The zero-order chi connectivity index (χ0) is 29.2. The van der Waals surface area contributed by atoms with Gasteiger partial charge in [0.2, 0.25) is 0 Å². The third-order valence-corrected chi connectivity index (χ3v) is 8.04. The van der Waals surface area contributed by atoms with E-state index < -0.39 is 48.7 Å². The van der Waals surface area contributed by atoms with Crippen molar-refractivity contribution in [2.45, 2.75) is 50.1 Å². The largest absolute Gasteiger partial charge is 0.368 e. The molecule has 2 saturated heterocycles. The second-order valence-electron chi connectivity index (χ2n) is 10.8. The van der Waals surface area contributed by atoms with Crippen molar-refractivity contribution < 1.29 is 33.3 Å². The normalized spacial score (nSPS) is 26.7. The van der Waals surface area contributed by atoms with Gasteiger partial charge in [-0.25, -0.2) is 0 Å². The van der Waals surface area contributed by atoms with Crippen molar-refractivity contribution in [3.63, 3.8) is 0 Å². The van der Waals surface area contributed by atoms with Crippen LogP contribution in [0.2, 0.25) is 0 Å². The summed E-state index contributed by atoms with van der Waals surface area (Å²) in [6, 6.07) is 35.0. The van der Waals surface area contributed by atoms with Crippen molar-refractivity contribution in [3.8, 4) is 0 Å². The van der Waals surface area contributed by atoms with Crippen LogP contribution in [0.1, 0.15) is 43.7 Å². The van der Waals surface area contributed by atoms with E-state index in [4.69, 9.17) is 23.7 Å². The standard InChI is InChI=1S/C35H31NO7/c37-32-26-18-10-11-19-27(26)33(38)36(32)29-31(39-20-23-12-4-1-5-13-23)30-28(22-41-34(43-30)25-16-8-3-9-17-25)42-35(29)40-21-24-14-6-2-7-15-24/h1-19,28-31,34-35H,20-22H2/t28?,29?,30-,31-,34?,35-/m1/s1. The van der Waals surface area contributed by atoms with Gasteiger partial charge in [0.15, 0.2) is 12.6 Å². The first-order valence-electron chi connectivity index (χ1n) is 14.4. The Morgan fingerprint density at radius 3 is 1.79 bits per heavy atom. The topological polar surface area (TPSA) is 83.5 Å². The van der Waals surface area contributed by atoms with E-state index >= 15 is 0 Å². The molecule has 43 heavy (non-hydrogen) atoms. The molecule has 0 radical (unpaired) electrons. The number of benzene rings is 4. The summed E-state index contributed by atoms with van der Waals surface area (Å²) in [6.07, 6.45) is -3.66. The summed E-state index contributed by atoms with van der Waals surface area (Å²) >= 11 is 0. The van der Waals surface area contributed by atoms with E-state index in [1.807, 2.05) is 91.0 Å². The van der Waals surface area contributed by atoms with Gasteiger partial charge in [0.25, 0.3) is 11.8 Å². The minimum absolute atomic E-state index is 0.211. The first-order chi connectivity index (χ1) is 21.2. The number of amides is 2. The predicted molar refractivity (Wildman–Crippen MR) is 156 cm³/mol. The Morgan fingerprint density at radius 1 is 0.651 bits per heavy atom. The van der Waals surface area contributed by atoms with Crippen LogP contribution in [-0.2, 0) is 36.9 Å². The number of ether oxygens (including phenoxy) is 5. The molecule has 2 fully saturated rings. The molecule has 6 atom stereocenters. The van der Waals surface area contributed by atoms with Gasteiger partial charge in [-0.2, -0.15) is 0 Å². The fourth-order valence-electron chi connectivity index (χ4n) is 5.94. The Morgan fingerprint density at radius 2 is 1.19 bits per heavy atom. The second-order valence-corrected chi connectivity index (χ2v) is 10.8. The molecule has 0 bridgehead atoms. The molecule has 0 saturated carbocycles. The van der Waals surface area contributed by atoms with Gasteiger partial charge in [0.1, 0.15) is 24.4 Å². The molecular weight excluding hydrogens is 546 g/mol. The molecule has 0 aromatic heterocycles. The van der Waals surface area contributed by atoms with Gasteiger partial charge in [-0.1, -0.05) is 103 Å². The number of hydrogen-bond acceptors (Lipinski definition) is 7. The van der Waals surface area contributed by atoms with Crippen LogP contribution in [0, 0.1) is 0 Å². The summed E-state index contributed by atoms with van der Waals surface area (Å²) in [7, 11) is 0. The SMILES string of the molecule is O=C1c2ccccc2C(=O)N1C1[C@H](OCc2ccccc2)OC2COC(c3ccccc3)O[C@H]2[C@@H]1OCc1ccccc1. The predicted octanol–water partition coefficient (Wildman–Crippen LogP) is 5.29. The van der Waals surface area contributed by atoms with E-state index in [1.54, 1.807) is 24.3 Å². The van der Waals surface area contributed by atoms with E-state index in [1.165, 1.54) is 4.90 Å². The zero-order valence-corrected chi connectivity index (χ0v) is 23.4. The van der Waals surface area contributed by atoms with Crippen LogP contribution < -0.4 is 0 Å². The number of imide groups is 1. The van der Waals surface area contributed by atoms with Crippen molar-refractivity contribution in [2.24, 2.45) is 0 Å². The molecule has 4 aromatic carbocycles. The quantitative estimate of drug-likeness (QED) is 0.263. The van der Waals surface area contributed by atoms with Crippen LogP contribution in [0.25, 0.3) is 0 Å². The number of carbonyl (C=O) groups excluding carboxylic acids is 2. The summed E-state index contributed by atoms with van der Waals surface area (Å²) in [6.45, 7) is 0.664. The molecule has 0 N–H and O–H groups in total. The highest BCUT2D eigenvalue weighted by molar-refractivity contribution is 6.21. The van der Waals surface area contributed by atoms with Gasteiger partial charge in [-0.05, 0) is 23.3 Å². The fourth-order valence-corrected chi connectivity index (χ4v) is 5.94. The highest BCUT2D eigenvalue weighted by Gasteiger charge is 2.57. The van der Waals surface area contributed by atoms with Crippen molar-refractivity contribution in [1.82, 2.24) is 4.90 Å². The lowest BCUT2D eigenvalue weighted by Crippen LogP contribution is -2.68. The summed E-state index contributed by atoms with van der Waals surface area (Å²) < 4.78 is 32.2. The van der Waals surface area contributed by atoms with Crippen LogP contribution in [0.5, 0.6) is 0 Å². The minimum atomic E-state index is -0.995. The molecule has 218 valence electrons. The lowest BCUT2D eigenvalue weighted by Gasteiger charge is -2.50. The van der Waals surface area contributed by atoms with E-state index in [2.05, 4.69) is 0 Å². The van der Waals surface area contributed by atoms with Crippen LogP contribution >= 0.6 is 0 Å². The van der Waals surface area contributed by atoms with Crippen LogP contribution in [0.4, 0.5) is 0 Å². The summed E-state index contributed by atoms with van der Waals surface area (Å²) in [5, 5.41) is 0. The number of hydrogen-bond donors (Lipinski definition) is 0. The molecule has 3 unspecified atom stereocenters. The highest BCUT2D eigenvalue weighted by atomic mass is 16.7. The van der Waals surface area contributed by atoms with Gasteiger partial charge < -0.3 is 23.7 Å². The maximum atomic E-state index is 13.9. The molecule has 3 aliphatic heterocycles. The van der Waals surface area contributed by atoms with Crippen molar-refractivity contribution >= 4 is 11.8 Å². The first-order valence-corrected chi connectivity index (χ1v) is 14.4. The molecule has 8 nitrogen and oxygen atoms in total. The number of nitrogens with zero attached hydrogens (tertiary/aromatic N) is 1. The number of carbonyl (C=O) groups is 2. The molecule has 8 heteroatoms. The third kappa shape index (κ3) is 5.51. The Hall–Kier alpha value is -4.18. The van der Waals surface area contributed by atoms with E-state index in [-0.39, 0.29) is 19.8 Å². The van der Waals surface area contributed by atoms with Gasteiger partial charge in [0.05, 0.1) is 30.9 Å². The van der Waals surface area contributed by atoms with E-state index in [0.29, 0.717) is 11.1 Å². The molecule has 0 spiro atoms. The summed E-state index contributed by atoms with van der Waals surface area (Å²) in [5.41, 5.74) is 3.40. The number of fused-ring (bicyclic) bond motifs is 2. The highest BCUT2D eigenvalue weighted by Crippen LogP contribution is 2.40. The number of rotatable bonds is 8. The Labute approximate surface area is 249 Å². The molecule has 3 heterocycles. The van der Waals surface area contributed by atoms with Crippen molar-refractivity contribution in [1.29, 1.82) is 0 Å². The van der Waals surface area contributed by atoms with Crippen LogP contribution in [-0.4, -0.2) is 54.0 Å². The Kier molecular flexibility index (Phi) is 7.84. The van der Waals surface area contributed by atoms with Gasteiger partial charge in [0, 0.05) is 5.56 Å². The van der Waals surface area contributed by atoms with E-state index in [0.717, 1.165) is 16.7 Å². The van der Waals surface area contributed by atoms with Crippen LogP contribution in [0.15, 0.2) is 115 Å². The summed E-state index contributed by atoms with van der Waals surface area (Å²) in [4.78, 5) is 29.0. The molecule has 3 aliphatic rings. The van der Waals surface area contributed by atoms with Crippen LogP contribution in [0.3, 0.4) is 0 Å². The third-order valence-electron chi connectivity index (χ3n) is 8.04. The van der Waals surface area contributed by atoms with Crippen molar-refractivity contribution in [3.05, 3.63) is 143 Å². The molecular formula is C35H31NO7. The average Bonchev–Trinajstić information content (AvgIpc) is 3.32. The molecule has 4 aromatic rings. The lowest BCUT2D eigenvalue weighted by molar-refractivity contribution is -0.355. The molecule has 0 aliphatic carbocycles. The van der Waals surface area contributed by atoms with E-state index in [9.17, 15) is 9.59 Å². The lowest BCUT2D eigenvalue weighted by atomic mass is 9.94. The Balaban J connectivity index is 1.26. The first kappa shape index (κ1) is 27.6. The second kappa shape index (κ2) is 12.2. The monoisotopic (exact) mass is 577 g/mol. The van der Waals surface area contributed by atoms with Gasteiger partial charge in [-0.15, -0.1) is 0 Å².